The normalized spacial score (nSPS) is 12.8. The van der Waals surface area contributed by atoms with Crippen LogP contribution in [0, 0.1) is 13.8 Å². The van der Waals surface area contributed by atoms with Crippen molar-refractivity contribution in [3.8, 4) is 0 Å². The summed E-state index contributed by atoms with van der Waals surface area (Å²) in [6.07, 6.45) is 0. The van der Waals surface area contributed by atoms with Gasteiger partial charge in [-0.25, -0.2) is 4.79 Å². The number of amides is 2. The summed E-state index contributed by atoms with van der Waals surface area (Å²) in [6, 6.07) is 10.1. The number of benzene rings is 1. The lowest BCUT2D eigenvalue weighted by molar-refractivity contribution is 0.197. The molecule has 0 saturated carbocycles. The van der Waals surface area contributed by atoms with Crippen molar-refractivity contribution in [2.24, 2.45) is 0 Å². The molecule has 5 nitrogen and oxygen atoms in total. The third-order valence-corrected chi connectivity index (χ3v) is 4.86. The van der Waals surface area contributed by atoms with Crippen molar-refractivity contribution in [3.05, 3.63) is 52.9 Å². The minimum absolute atomic E-state index is 0.0143. The average Bonchev–Trinajstić information content (AvgIpc) is 2.87. The number of aromatic nitrogens is 1. The van der Waals surface area contributed by atoms with Gasteiger partial charge in [0, 0.05) is 24.1 Å². The first-order valence-corrected chi connectivity index (χ1v) is 8.22. The van der Waals surface area contributed by atoms with Crippen molar-refractivity contribution in [1.29, 1.82) is 0 Å². The summed E-state index contributed by atoms with van der Waals surface area (Å²) in [6.45, 7) is 10.5. The van der Waals surface area contributed by atoms with Crippen molar-refractivity contribution in [3.63, 3.8) is 0 Å². The highest BCUT2D eigenvalue weighted by molar-refractivity contribution is 5.74. The van der Waals surface area contributed by atoms with Crippen molar-refractivity contribution >= 4 is 6.03 Å². The van der Waals surface area contributed by atoms with Crippen LogP contribution < -0.4 is 5.32 Å². The van der Waals surface area contributed by atoms with E-state index in [9.17, 15) is 4.79 Å². The molecule has 2 amide bonds. The Hall–Kier alpha value is -2.30. The number of aryl methyl sites for hydroxylation is 2. The van der Waals surface area contributed by atoms with Crippen LogP contribution in [0.4, 0.5) is 4.79 Å². The molecule has 2 rings (SSSR count). The number of urea groups is 1. The lowest BCUT2D eigenvalue weighted by Crippen LogP contribution is -2.49. The maximum absolute atomic E-state index is 12.5. The van der Waals surface area contributed by atoms with Gasteiger partial charge in [0.25, 0.3) is 0 Å². The van der Waals surface area contributed by atoms with E-state index in [0.29, 0.717) is 6.54 Å². The molecule has 24 heavy (non-hydrogen) atoms. The van der Waals surface area contributed by atoms with Crippen molar-refractivity contribution in [2.75, 3.05) is 7.05 Å². The zero-order valence-electron chi connectivity index (χ0n) is 15.4. The Bertz CT molecular complexity index is 672. The van der Waals surface area contributed by atoms with Crippen molar-refractivity contribution in [2.45, 2.75) is 52.6 Å². The van der Waals surface area contributed by atoms with E-state index < -0.39 is 0 Å². The smallest absolute Gasteiger partial charge is 0.317 e. The van der Waals surface area contributed by atoms with Crippen LogP contribution in [-0.4, -0.2) is 29.2 Å². The van der Waals surface area contributed by atoms with E-state index in [1.165, 1.54) is 5.56 Å². The zero-order valence-corrected chi connectivity index (χ0v) is 15.4. The van der Waals surface area contributed by atoms with E-state index in [1.54, 1.807) is 11.9 Å². The van der Waals surface area contributed by atoms with Crippen LogP contribution in [-0.2, 0) is 12.0 Å². The monoisotopic (exact) mass is 329 g/mol. The van der Waals surface area contributed by atoms with Gasteiger partial charge in [0.15, 0.2) is 0 Å². The van der Waals surface area contributed by atoms with Gasteiger partial charge in [0.2, 0.25) is 0 Å². The first-order valence-electron chi connectivity index (χ1n) is 8.22. The van der Waals surface area contributed by atoms with E-state index in [2.05, 4.69) is 36.5 Å². The van der Waals surface area contributed by atoms with E-state index in [4.69, 9.17) is 4.52 Å². The Morgan fingerprint density at radius 2 is 1.92 bits per heavy atom. The topological polar surface area (TPSA) is 58.4 Å². The van der Waals surface area contributed by atoms with Gasteiger partial charge in [0.1, 0.15) is 5.76 Å². The molecule has 0 aliphatic rings. The van der Waals surface area contributed by atoms with Crippen LogP contribution in [0.5, 0.6) is 0 Å². The molecule has 5 heteroatoms. The van der Waals surface area contributed by atoms with E-state index >= 15 is 0 Å². The van der Waals surface area contributed by atoms with Crippen LogP contribution in [0.15, 0.2) is 34.9 Å². The average molecular weight is 329 g/mol. The predicted molar refractivity (Wildman–Crippen MR) is 94.9 cm³/mol. The molecule has 0 spiro atoms. The first kappa shape index (κ1) is 18.0. The largest absolute Gasteiger partial charge is 0.361 e. The second kappa shape index (κ2) is 7.07. The lowest BCUT2D eigenvalue weighted by Gasteiger charge is -2.34. The summed E-state index contributed by atoms with van der Waals surface area (Å²) in [4.78, 5) is 14.2. The fraction of sp³-hybridized carbons (Fsp3) is 0.474. The number of hydrogen-bond donors (Lipinski definition) is 1. The highest BCUT2D eigenvalue weighted by Crippen LogP contribution is 2.27. The molecule has 1 heterocycles. The molecule has 0 fully saturated rings. The van der Waals surface area contributed by atoms with Gasteiger partial charge in [-0.15, -0.1) is 0 Å². The van der Waals surface area contributed by atoms with Crippen LogP contribution in [0.2, 0.25) is 0 Å². The molecule has 1 N–H and O–H groups in total. The SMILES string of the molecule is Cc1noc(C)c1CN(C)C(=O)N[C@@H](C)C(C)(C)c1ccccc1. The summed E-state index contributed by atoms with van der Waals surface area (Å²) in [7, 11) is 1.78. The number of rotatable bonds is 5. The molecule has 1 aromatic heterocycles. The summed E-state index contributed by atoms with van der Waals surface area (Å²) in [5, 5.41) is 7.04. The molecule has 0 aliphatic carbocycles. The standard InChI is InChI=1S/C19H27N3O2/c1-13-17(14(2)24-21-13)12-22(6)18(23)20-15(3)19(4,5)16-10-8-7-9-11-16/h7-11,15H,12H2,1-6H3,(H,20,23)/t15-/m0/s1. The minimum atomic E-state index is -0.166. The van der Waals surface area contributed by atoms with Crippen LogP contribution >= 0.6 is 0 Å². The summed E-state index contributed by atoms with van der Waals surface area (Å²) in [5.74, 6) is 0.754. The minimum Gasteiger partial charge on any atom is -0.361 e. The van der Waals surface area contributed by atoms with Crippen molar-refractivity contribution < 1.29 is 9.32 Å². The second-order valence-corrected chi connectivity index (χ2v) is 6.92. The number of nitrogens with zero attached hydrogens (tertiary/aromatic N) is 2. The Balaban J connectivity index is 2.03. The Labute approximate surface area is 144 Å². The highest BCUT2D eigenvalue weighted by atomic mass is 16.5. The van der Waals surface area contributed by atoms with Gasteiger partial charge in [-0.2, -0.15) is 0 Å². The maximum Gasteiger partial charge on any atom is 0.317 e. The number of nitrogens with one attached hydrogen (secondary N) is 1. The van der Waals surface area contributed by atoms with Gasteiger partial charge in [-0.05, 0) is 26.3 Å². The van der Waals surface area contributed by atoms with Crippen molar-refractivity contribution in [1.82, 2.24) is 15.4 Å². The molecular weight excluding hydrogens is 302 g/mol. The Kier molecular flexibility index (Phi) is 5.32. The van der Waals surface area contributed by atoms with Crippen LogP contribution in [0.25, 0.3) is 0 Å². The molecule has 1 aromatic carbocycles. The van der Waals surface area contributed by atoms with Gasteiger partial charge in [-0.3, -0.25) is 0 Å². The summed E-state index contributed by atoms with van der Waals surface area (Å²) < 4.78 is 5.16. The Morgan fingerprint density at radius 3 is 2.46 bits per heavy atom. The molecule has 0 radical (unpaired) electrons. The molecule has 130 valence electrons. The molecule has 0 saturated heterocycles. The fourth-order valence-corrected chi connectivity index (χ4v) is 2.63. The van der Waals surface area contributed by atoms with Gasteiger partial charge in [0.05, 0.1) is 12.2 Å². The maximum atomic E-state index is 12.5. The number of carbonyl (C=O) groups is 1. The first-order chi connectivity index (χ1) is 11.2. The Morgan fingerprint density at radius 1 is 1.29 bits per heavy atom. The molecule has 0 aliphatic heterocycles. The van der Waals surface area contributed by atoms with E-state index in [1.807, 2.05) is 39.0 Å². The van der Waals surface area contributed by atoms with Gasteiger partial charge in [-0.1, -0.05) is 49.3 Å². The number of hydrogen-bond acceptors (Lipinski definition) is 3. The number of carbonyl (C=O) groups excluding carboxylic acids is 1. The third kappa shape index (κ3) is 3.78. The summed E-state index contributed by atoms with van der Waals surface area (Å²) >= 11 is 0. The highest BCUT2D eigenvalue weighted by Gasteiger charge is 2.30. The predicted octanol–water partition coefficient (Wildman–Crippen LogP) is 3.80. The second-order valence-electron chi connectivity index (χ2n) is 6.92. The molecular formula is C19H27N3O2. The quantitative estimate of drug-likeness (QED) is 0.907. The van der Waals surface area contributed by atoms with Gasteiger partial charge >= 0.3 is 6.03 Å². The summed E-state index contributed by atoms with van der Waals surface area (Å²) in [5.41, 5.74) is 2.82. The van der Waals surface area contributed by atoms with Crippen LogP contribution in [0.3, 0.4) is 0 Å². The van der Waals surface area contributed by atoms with E-state index in [-0.39, 0.29) is 17.5 Å². The fourth-order valence-electron chi connectivity index (χ4n) is 2.63. The lowest BCUT2D eigenvalue weighted by atomic mass is 9.78. The molecule has 0 bridgehead atoms. The van der Waals surface area contributed by atoms with Crippen LogP contribution in [0.1, 0.15) is 43.4 Å². The molecule has 1 atom stereocenters. The third-order valence-electron chi connectivity index (χ3n) is 4.86. The molecule has 0 unspecified atom stereocenters. The van der Waals surface area contributed by atoms with Gasteiger partial charge < -0.3 is 14.7 Å². The van der Waals surface area contributed by atoms with E-state index in [0.717, 1.165) is 17.0 Å². The zero-order chi connectivity index (χ0) is 17.9. The molecule has 2 aromatic rings.